The predicted octanol–water partition coefficient (Wildman–Crippen LogP) is 2.79. The number of para-hydroxylation sites is 1. The monoisotopic (exact) mass is 445 g/mol. The molecule has 0 aliphatic rings. The molecule has 0 aromatic heterocycles. The maximum absolute atomic E-state index is 13.1. The van der Waals surface area contributed by atoms with E-state index >= 15 is 0 Å². The van der Waals surface area contributed by atoms with Crippen LogP contribution in [0.3, 0.4) is 0 Å². The molecule has 0 fully saturated rings. The van der Waals surface area contributed by atoms with Gasteiger partial charge in [-0.3, -0.25) is 13.9 Å². The van der Waals surface area contributed by atoms with E-state index in [4.69, 9.17) is 0 Å². The Morgan fingerprint density at radius 3 is 2.10 bits per heavy atom. The van der Waals surface area contributed by atoms with Crippen LogP contribution in [0.25, 0.3) is 0 Å². The van der Waals surface area contributed by atoms with Gasteiger partial charge in [0, 0.05) is 26.6 Å². The van der Waals surface area contributed by atoms with Gasteiger partial charge in [-0.2, -0.15) is 0 Å². The maximum atomic E-state index is 13.1. The molecule has 0 aliphatic carbocycles. The second-order valence-electron chi connectivity index (χ2n) is 7.32. The molecule has 0 saturated heterocycles. The summed E-state index contributed by atoms with van der Waals surface area (Å²) >= 11 is 0. The Morgan fingerprint density at radius 1 is 1.00 bits per heavy atom. The van der Waals surface area contributed by atoms with E-state index in [1.165, 1.54) is 4.31 Å². The van der Waals surface area contributed by atoms with Crippen LogP contribution in [-0.2, 0) is 26.2 Å². The van der Waals surface area contributed by atoms with E-state index in [9.17, 15) is 18.0 Å². The number of nitrogens with one attached hydrogen (secondary N) is 1. The third-order valence-electron chi connectivity index (χ3n) is 5.02. The highest BCUT2D eigenvalue weighted by molar-refractivity contribution is 7.92. The summed E-state index contributed by atoms with van der Waals surface area (Å²) in [6.07, 6.45) is 2.12. The first-order chi connectivity index (χ1) is 14.8. The molecule has 2 aromatic rings. The molecular formula is C23H31N3O4S. The number of hydrogen-bond donors (Lipinski definition) is 1. The quantitative estimate of drug-likeness (QED) is 0.576. The van der Waals surface area contributed by atoms with Crippen LogP contribution < -0.4 is 9.62 Å². The van der Waals surface area contributed by atoms with Crippen LogP contribution in [0.5, 0.6) is 0 Å². The lowest BCUT2D eigenvalue weighted by Gasteiger charge is -2.30. The van der Waals surface area contributed by atoms with Crippen LogP contribution in [0.4, 0.5) is 5.69 Å². The highest BCUT2D eigenvalue weighted by Crippen LogP contribution is 2.19. The molecule has 31 heavy (non-hydrogen) atoms. The topological polar surface area (TPSA) is 86.8 Å². The lowest BCUT2D eigenvalue weighted by molar-refractivity contribution is -0.141. The molecule has 0 saturated carbocycles. The third-order valence-corrected chi connectivity index (χ3v) is 6.22. The van der Waals surface area contributed by atoms with Gasteiger partial charge in [-0.15, -0.1) is 0 Å². The van der Waals surface area contributed by atoms with Gasteiger partial charge in [0.25, 0.3) is 0 Å². The molecule has 7 nitrogen and oxygen atoms in total. The Labute approximate surface area is 185 Å². The minimum Gasteiger partial charge on any atom is -0.357 e. The van der Waals surface area contributed by atoms with Crippen LogP contribution in [0.2, 0.25) is 0 Å². The minimum atomic E-state index is -3.48. The molecule has 2 amide bonds. The van der Waals surface area contributed by atoms with Crippen molar-refractivity contribution in [2.75, 3.05) is 24.2 Å². The summed E-state index contributed by atoms with van der Waals surface area (Å²) in [5, 5.41) is 2.63. The highest BCUT2D eigenvalue weighted by Gasteiger charge is 2.28. The number of rotatable bonds is 11. The molecule has 8 heteroatoms. The van der Waals surface area contributed by atoms with E-state index < -0.39 is 16.1 Å². The molecule has 1 N–H and O–H groups in total. The van der Waals surface area contributed by atoms with Crippen molar-refractivity contribution in [3.63, 3.8) is 0 Å². The molecular weight excluding hydrogens is 414 g/mol. The van der Waals surface area contributed by atoms with E-state index in [1.54, 1.807) is 36.2 Å². The average molecular weight is 446 g/mol. The van der Waals surface area contributed by atoms with Gasteiger partial charge in [0.05, 0.1) is 11.9 Å². The van der Waals surface area contributed by atoms with Crippen molar-refractivity contribution >= 4 is 27.5 Å². The van der Waals surface area contributed by atoms with Gasteiger partial charge in [0.2, 0.25) is 21.8 Å². The molecule has 2 aromatic carbocycles. The molecule has 0 bridgehead atoms. The van der Waals surface area contributed by atoms with Crippen LogP contribution >= 0.6 is 0 Å². The van der Waals surface area contributed by atoms with Gasteiger partial charge in [-0.1, -0.05) is 55.5 Å². The summed E-state index contributed by atoms with van der Waals surface area (Å²) in [6.45, 7) is 2.37. The first-order valence-electron chi connectivity index (χ1n) is 10.4. The molecule has 2 rings (SSSR count). The number of carbonyl (C=O) groups excluding carboxylic acids is 2. The zero-order valence-electron chi connectivity index (χ0n) is 18.3. The summed E-state index contributed by atoms with van der Waals surface area (Å²) in [4.78, 5) is 27.1. The summed E-state index contributed by atoms with van der Waals surface area (Å²) in [5.74, 6) is -0.394. The smallest absolute Gasteiger partial charge is 0.242 e. The highest BCUT2D eigenvalue weighted by atomic mass is 32.2. The summed E-state index contributed by atoms with van der Waals surface area (Å²) in [5.41, 5.74) is 1.50. The Morgan fingerprint density at radius 2 is 1.58 bits per heavy atom. The number of hydrogen-bond acceptors (Lipinski definition) is 4. The number of nitrogens with zero attached hydrogens (tertiary/aromatic N) is 2. The average Bonchev–Trinajstić information content (AvgIpc) is 2.76. The molecule has 1 unspecified atom stereocenters. The fourth-order valence-corrected chi connectivity index (χ4v) is 4.43. The lowest BCUT2D eigenvalue weighted by atomic mass is 10.1. The first kappa shape index (κ1) is 24.4. The second kappa shape index (κ2) is 11.5. The van der Waals surface area contributed by atoms with Gasteiger partial charge >= 0.3 is 0 Å². The van der Waals surface area contributed by atoms with Crippen molar-refractivity contribution in [3.8, 4) is 0 Å². The van der Waals surface area contributed by atoms with E-state index in [0.29, 0.717) is 25.1 Å². The number of anilines is 1. The summed E-state index contributed by atoms with van der Waals surface area (Å²) in [7, 11) is -1.92. The maximum Gasteiger partial charge on any atom is 0.242 e. The van der Waals surface area contributed by atoms with Crippen LogP contribution in [0.15, 0.2) is 60.7 Å². The number of sulfonamides is 1. The molecule has 0 spiro atoms. The zero-order chi connectivity index (χ0) is 22.9. The van der Waals surface area contributed by atoms with E-state index in [-0.39, 0.29) is 24.8 Å². The van der Waals surface area contributed by atoms with Crippen LogP contribution in [-0.4, -0.2) is 51.0 Å². The summed E-state index contributed by atoms with van der Waals surface area (Å²) < 4.78 is 25.8. The van der Waals surface area contributed by atoms with Gasteiger partial charge in [0.15, 0.2) is 0 Å². The Balaban J connectivity index is 2.14. The third kappa shape index (κ3) is 7.10. The standard InChI is InChI=1S/C23H31N3O4S/c1-4-21(23(28)24-2)25(18-19-12-7-5-8-13-19)22(27)16-11-17-26(31(3,29)30)20-14-9-6-10-15-20/h5-10,12-15,21H,4,11,16-18H2,1-3H3,(H,24,28). The van der Waals surface area contributed by atoms with Crippen molar-refractivity contribution in [2.45, 2.75) is 38.8 Å². The Hall–Kier alpha value is -2.87. The minimum absolute atomic E-state index is 0.138. The number of carbonyl (C=O) groups is 2. The van der Waals surface area contributed by atoms with E-state index in [2.05, 4.69) is 5.32 Å². The van der Waals surface area contributed by atoms with E-state index in [0.717, 1.165) is 11.8 Å². The second-order valence-corrected chi connectivity index (χ2v) is 9.23. The Kier molecular flexibility index (Phi) is 9.05. The van der Waals surface area contributed by atoms with Crippen molar-refractivity contribution in [2.24, 2.45) is 0 Å². The molecule has 0 radical (unpaired) electrons. The fraction of sp³-hybridized carbons (Fsp3) is 0.391. The van der Waals surface area contributed by atoms with Crippen molar-refractivity contribution in [1.29, 1.82) is 0 Å². The normalized spacial score (nSPS) is 12.1. The van der Waals surface area contributed by atoms with Gasteiger partial charge in [-0.05, 0) is 30.5 Å². The SMILES string of the molecule is CCC(C(=O)NC)N(Cc1ccccc1)C(=O)CCCN(c1ccccc1)S(C)(=O)=O. The Bertz CT molecular complexity index is 949. The van der Waals surface area contributed by atoms with E-state index in [1.807, 2.05) is 43.3 Å². The van der Waals surface area contributed by atoms with Crippen molar-refractivity contribution < 1.29 is 18.0 Å². The number of likely N-dealkylation sites (N-methyl/N-ethyl adjacent to an activating group) is 1. The largest absolute Gasteiger partial charge is 0.357 e. The number of amides is 2. The fourth-order valence-electron chi connectivity index (χ4n) is 3.46. The van der Waals surface area contributed by atoms with Crippen LogP contribution in [0.1, 0.15) is 31.7 Å². The molecule has 168 valence electrons. The first-order valence-corrected chi connectivity index (χ1v) is 12.2. The molecule has 0 heterocycles. The zero-order valence-corrected chi connectivity index (χ0v) is 19.1. The summed E-state index contributed by atoms with van der Waals surface area (Å²) in [6, 6.07) is 17.7. The van der Waals surface area contributed by atoms with Gasteiger partial charge in [0.1, 0.15) is 6.04 Å². The number of benzene rings is 2. The van der Waals surface area contributed by atoms with Crippen molar-refractivity contribution in [3.05, 3.63) is 66.2 Å². The predicted molar refractivity (Wildman–Crippen MR) is 123 cm³/mol. The molecule has 1 atom stereocenters. The molecule has 0 aliphatic heterocycles. The van der Waals surface area contributed by atoms with Gasteiger partial charge < -0.3 is 10.2 Å². The van der Waals surface area contributed by atoms with Crippen LogP contribution in [0, 0.1) is 0 Å². The van der Waals surface area contributed by atoms with Crippen molar-refractivity contribution in [1.82, 2.24) is 10.2 Å². The lowest BCUT2D eigenvalue weighted by Crippen LogP contribution is -2.48. The van der Waals surface area contributed by atoms with Gasteiger partial charge in [-0.25, -0.2) is 8.42 Å².